The summed E-state index contributed by atoms with van der Waals surface area (Å²) in [6.07, 6.45) is 0.387. The lowest BCUT2D eigenvalue weighted by atomic mass is 10.1. The number of likely N-dealkylation sites (N-methyl/N-ethyl adjacent to an activating group) is 1. The van der Waals surface area contributed by atoms with Gasteiger partial charge in [-0.3, -0.25) is 14.5 Å². The largest absolute Gasteiger partial charge is 0.373 e. The van der Waals surface area contributed by atoms with Crippen LogP contribution >= 0.6 is 12.2 Å². The van der Waals surface area contributed by atoms with Crippen molar-refractivity contribution >= 4 is 23.8 Å². The number of anilines is 1. The molecule has 6 nitrogen and oxygen atoms in total. The molecule has 150 valence electrons. The molecule has 0 fully saturated rings. The highest BCUT2D eigenvalue weighted by molar-refractivity contribution is 7.71. The van der Waals surface area contributed by atoms with E-state index in [0.29, 0.717) is 30.8 Å². The molecule has 1 N–H and O–H groups in total. The molecule has 29 heavy (non-hydrogen) atoms. The highest BCUT2D eigenvalue weighted by atomic mass is 32.1. The number of carbonyl (C=O) groups is 1. The maximum atomic E-state index is 13.0. The van der Waals surface area contributed by atoms with E-state index in [1.165, 1.54) is 16.8 Å². The maximum Gasteiger partial charge on any atom is 0.224 e. The molecule has 0 radical (unpaired) electrons. The van der Waals surface area contributed by atoms with Gasteiger partial charge in [-0.05, 0) is 30.8 Å². The Morgan fingerprint density at radius 1 is 1.14 bits per heavy atom. The van der Waals surface area contributed by atoms with Gasteiger partial charge in [-0.1, -0.05) is 48.0 Å². The number of carbonyl (C=O) groups excluding carboxylic acids is 1. The Balaban J connectivity index is 1.49. The van der Waals surface area contributed by atoms with Crippen molar-refractivity contribution in [1.82, 2.24) is 19.7 Å². The predicted octanol–water partition coefficient (Wildman–Crippen LogP) is 3.78. The van der Waals surface area contributed by atoms with Crippen molar-refractivity contribution in [2.24, 2.45) is 0 Å². The van der Waals surface area contributed by atoms with E-state index in [1.54, 1.807) is 0 Å². The number of fused-ring (bicyclic) bond motifs is 1. The van der Waals surface area contributed by atoms with Crippen LogP contribution in [0.25, 0.3) is 11.4 Å². The second kappa shape index (κ2) is 8.21. The van der Waals surface area contributed by atoms with Gasteiger partial charge in [-0.2, -0.15) is 5.10 Å². The van der Waals surface area contributed by atoms with Gasteiger partial charge >= 0.3 is 0 Å². The number of aromatic amines is 1. The summed E-state index contributed by atoms with van der Waals surface area (Å²) in [5.41, 5.74) is 4.55. The van der Waals surface area contributed by atoms with Crippen molar-refractivity contribution in [3.8, 4) is 11.4 Å². The smallest absolute Gasteiger partial charge is 0.224 e. The van der Waals surface area contributed by atoms with E-state index >= 15 is 0 Å². The van der Waals surface area contributed by atoms with Crippen LogP contribution in [0, 0.1) is 11.7 Å². The number of para-hydroxylation sites is 1. The number of hydrogen-bond donors (Lipinski definition) is 1. The Morgan fingerprint density at radius 2 is 1.90 bits per heavy atom. The average molecular weight is 408 g/mol. The van der Waals surface area contributed by atoms with Crippen LogP contribution in [-0.4, -0.2) is 45.7 Å². The van der Waals surface area contributed by atoms with Gasteiger partial charge in [0.15, 0.2) is 10.6 Å². The highest BCUT2D eigenvalue weighted by Crippen LogP contribution is 2.24. The van der Waals surface area contributed by atoms with E-state index in [4.69, 9.17) is 12.2 Å². The molecule has 7 heteroatoms. The third kappa shape index (κ3) is 4.10. The first-order valence-corrected chi connectivity index (χ1v) is 10.2. The first kappa shape index (κ1) is 19.4. The molecule has 0 aliphatic carbocycles. The zero-order valence-corrected chi connectivity index (χ0v) is 17.6. The molecule has 1 aliphatic rings. The van der Waals surface area contributed by atoms with Crippen LogP contribution in [-0.2, 0) is 17.9 Å². The molecular formula is C22H25N5OS. The lowest BCUT2D eigenvalue weighted by Crippen LogP contribution is -2.34. The number of aromatic nitrogens is 3. The van der Waals surface area contributed by atoms with Crippen LogP contribution in [0.2, 0.25) is 0 Å². The molecule has 1 aliphatic heterocycles. The molecule has 1 aromatic heterocycles. The number of aryl methyl sites for hydroxylation is 1. The molecule has 0 atom stereocenters. The summed E-state index contributed by atoms with van der Waals surface area (Å²) in [6, 6.07) is 16.4. The number of rotatable bonds is 4. The van der Waals surface area contributed by atoms with Gasteiger partial charge in [-0.25, -0.2) is 0 Å². The Morgan fingerprint density at radius 3 is 2.69 bits per heavy atom. The van der Waals surface area contributed by atoms with E-state index < -0.39 is 0 Å². The normalized spacial score (nSPS) is 13.9. The summed E-state index contributed by atoms with van der Waals surface area (Å²) in [5.74, 6) is 0.900. The fourth-order valence-corrected chi connectivity index (χ4v) is 3.94. The van der Waals surface area contributed by atoms with Crippen molar-refractivity contribution in [2.45, 2.75) is 26.4 Å². The zero-order valence-electron chi connectivity index (χ0n) is 16.8. The van der Waals surface area contributed by atoms with Crippen molar-refractivity contribution in [3.63, 3.8) is 0 Å². The van der Waals surface area contributed by atoms with Gasteiger partial charge in [-0.15, -0.1) is 0 Å². The minimum Gasteiger partial charge on any atom is -0.373 e. The molecule has 0 saturated carbocycles. The Bertz CT molecular complexity index is 1070. The fraction of sp³-hybridized carbons (Fsp3) is 0.318. The van der Waals surface area contributed by atoms with Crippen LogP contribution in [0.15, 0.2) is 48.5 Å². The first-order valence-electron chi connectivity index (χ1n) is 9.82. The van der Waals surface area contributed by atoms with Gasteiger partial charge in [0.1, 0.15) is 0 Å². The van der Waals surface area contributed by atoms with E-state index in [-0.39, 0.29) is 5.91 Å². The van der Waals surface area contributed by atoms with Crippen LogP contribution in [0.1, 0.15) is 17.5 Å². The van der Waals surface area contributed by atoms with Crippen molar-refractivity contribution < 1.29 is 4.79 Å². The first-order chi connectivity index (χ1) is 14.0. The summed E-state index contributed by atoms with van der Waals surface area (Å²) >= 11 is 5.41. The summed E-state index contributed by atoms with van der Waals surface area (Å²) in [7, 11) is 2.07. The van der Waals surface area contributed by atoms with Gasteiger partial charge in [0.25, 0.3) is 0 Å². The molecule has 0 unspecified atom stereocenters. The molecule has 4 rings (SSSR count). The summed E-state index contributed by atoms with van der Waals surface area (Å²) in [5, 5.41) is 7.24. The molecule has 2 aromatic carbocycles. The van der Waals surface area contributed by atoms with Crippen LogP contribution in [0.3, 0.4) is 0 Å². The van der Waals surface area contributed by atoms with Gasteiger partial charge in [0, 0.05) is 50.9 Å². The quantitative estimate of drug-likeness (QED) is 0.669. The molecule has 0 bridgehead atoms. The second-order valence-corrected chi connectivity index (χ2v) is 7.87. The maximum absolute atomic E-state index is 13.0. The summed E-state index contributed by atoms with van der Waals surface area (Å²) in [4.78, 5) is 17.2. The molecule has 0 saturated heterocycles. The molecule has 2 heterocycles. The number of nitrogens with zero attached hydrogens (tertiary/aromatic N) is 4. The predicted molar refractivity (Wildman–Crippen MR) is 117 cm³/mol. The minimum absolute atomic E-state index is 0.132. The topological polar surface area (TPSA) is 57.2 Å². The number of H-pyrrole nitrogens is 1. The standard InChI is InChI=1S/C22H25N5OS/c1-16-7-9-17(10-8-16)21-23-24-22(29)27(21)12-11-20(28)26-14-13-25(2)19-6-4-3-5-18(19)15-26/h3-10H,11-15H2,1-2H3,(H,24,29). The molecule has 3 aromatic rings. The summed E-state index contributed by atoms with van der Waals surface area (Å²) in [6.45, 7) is 4.73. The van der Waals surface area contributed by atoms with E-state index in [1.807, 2.05) is 45.9 Å². The monoisotopic (exact) mass is 407 g/mol. The third-order valence-corrected chi connectivity index (χ3v) is 5.75. The average Bonchev–Trinajstić information content (AvgIpc) is 3.00. The van der Waals surface area contributed by atoms with Gasteiger partial charge in [0.05, 0.1) is 0 Å². The SMILES string of the molecule is Cc1ccc(-c2n[nH]c(=S)n2CCC(=O)N2CCN(C)c3ccccc3C2)cc1. The van der Waals surface area contributed by atoms with E-state index in [0.717, 1.165) is 17.9 Å². The van der Waals surface area contributed by atoms with Crippen molar-refractivity contribution in [2.75, 3.05) is 25.0 Å². The zero-order chi connectivity index (χ0) is 20.4. The number of nitrogens with one attached hydrogen (secondary N) is 1. The molecular weight excluding hydrogens is 382 g/mol. The Hall–Kier alpha value is -2.93. The van der Waals surface area contributed by atoms with Crippen LogP contribution in [0.5, 0.6) is 0 Å². The van der Waals surface area contributed by atoms with E-state index in [9.17, 15) is 4.79 Å². The Kier molecular flexibility index (Phi) is 5.49. The van der Waals surface area contributed by atoms with Crippen LogP contribution in [0.4, 0.5) is 5.69 Å². The van der Waals surface area contributed by atoms with E-state index in [2.05, 4.69) is 41.2 Å². The summed E-state index contributed by atoms with van der Waals surface area (Å²) < 4.78 is 2.45. The number of benzene rings is 2. The molecule has 1 amide bonds. The Labute approximate surface area is 175 Å². The fourth-order valence-electron chi connectivity index (χ4n) is 3.72. The number of hydrogen-bond acceptors (Lipinski definition) is 4. The minimum atomic E-state index is 0.132. The van der Waals surface area contributed by atoms with Gasteiger partial charge < -0.3 is 9.80 Å². The third-order valence-electron chi connectivity index (χ3n) is 5.44. The second-order valence-electron chi connectivity index (χ2n) is 7.49. The molecule has 0 spiro atoms. The van der Waals surface area contributed by atoms with Crippen molar-refractivity contribution in [3.05, 3.63) is 64.4 Å². The van der Waals surface area contributed by atoms with Crippen LogP contribution < -0.4 is 4.90 Å². The van der Waals surface area contributed by atoms with Gasteiger partial charge in [0.2, 0.25) is 5.91 Å². The highest BCUT2D eigenvalue weighted by Gasteiger charge is 2.21. The number of amides is 1. The van der Waals surface area contributed by atoms with Crippen molar-refractivity contribution in [1.29, 1.82) is 0 Å². The lowest BCUT2D eigenvalue weighted by molar-refractivity contribution is -0.131. The lowest BCUT2D eigenvalue weighted by Gasteiger charge is -2.21.